The number of aryl methyl sites for hydroxylation is 2. The van der Waals surface area contributed by atoms with Gasteiger partial charge in [0.05, 0.1) is 0 Å². The molecule has 68 valence electrons. The predicted molar refractivity (Wildman–Crippen MR) is 56.1 cm³/mol. The second kappa shape index (κ2) is 3.25. The summed E-state index contributed by atoms with van der Waals surface area (Å²) in [6.07, 6.45) is 6.73. The molecular weight excluding hydrogens is 158 g/mol. The molecule has 0 aliphatic carbocycles. The van der Waals surface area contributed by atoms with E-state index in [-0.39, 0.29) is 0 Å². The second-order valence-electron chi connectivity index (χ2n) is 3.53. The van der Waals surface area contributed by atoms with E-state index in [2.05, 4.69) is 48.8 Å². The van der Waals surface area contributed by atoms with Crippen LogP contribution in [-0.4, -0.2) is 4.40 Å². The third kappa shape index (κ3) is 1.35. The van der Waals surface area contributed by atoms with Gasteiger partial charge in [0.25, 0.3) is 0 Å². The van der Waals surface area contributed by atoms with E-state index in [1.54, 1.807) is 0 Å². The maximum atomic E-state index is 2.23. The molecule has 0 aromatic carbocycles. The van der Waals surface area contributed by atoms with E-state index >= 15 is 0 Å². The van der Waals surface area contributed by atoms with E-state index in [1.165, 1.54) is 29.5 Å². The van der Waals surface area contributed by atoms with Crippen LogP contribution in [0.3, 0.4) is 0 Å². The van der Waals surface area contributed by atoms with Gasteiger partial charge in [-0.05, 0) is 36.6 Å². The van der Waals surface area contributed by atoms with Crippen LogP contribution in [0.1, 0.15) is 24.5 Å². The van der Waals surface area contributed by atoms with Crippen molar-refractivity contribution >= 4 is 5.52 Å². The normalized spacial score (nSPS) is 10.9. The minimum Gasteiger partial charge on any atom is -0.323 e. The van der Waals surface area contributed by atoms with E-state index < -0.39 is 0 Å². The van der Waals surface area contributed by atoms with Crippen LogP contribution in [0, 0.1) is 6.92 Å². The first-order valence-corrected chi connectivity index (χ1v) is 4.88. The predicted octanol–water partition coefficient (Wildman–Crippen LogP) is 3.20. The summed E-state index contributed by atoms with van der Waals surface area (Å²) in [7, 11) is 0. The molecule has 2 aromatic rings. The number of aromatic nitrogens is 1. The summed E-state index contributed by atoms with van der Waals surface area (Å²) in [6.45, 7) is 4.42. The fourth-order valence-corrected chi connectivity index (χ4v) is 1.89. The molecule has 0 unspecified atom stereocenters. The zero-order chi connectivity index (χ0) is 9.26. The van der Waals surface area contributed by atoms with Crippen LogP contribution in [0.5, 0.6) is 0 Å². The van der Waals surface area contributed by atoms with Crippen LogP contribution in [-0.2, 0) is 6.42 Å². The van der Waals surface area contributed by atoms with Gasteiger partial charge in [-0.3, -0.25) is 0 Å². The molecule has 2 aromatic heterocycles. The van der Waals surface area contributed by atoms with Crippen LogP contribution in [0.4, 0.5) is 0 Å². The van der Waals surface area contributed by atoms with Gasteiger partial charge in [-0.2, -0.15) is 0 Å². The number of hydrogen-bond donors (Lipinski definition) is 0. The first-order valence-electron chi connectivity index (χ1n) is 4.88. The van der Waals surface area contributed by atoms with E-state index in [0.29, 0.717) is 0 Å². The zero-order valence-electron chi connectivity index (χ0n) is 8.25. The van der Waals surface area contributed by atoms with Crippen LogP contribution in [0.15, 0.2) is 30.6 Å². The Morgan fingerprint density at radius 1 is 1.31 bits per heavy atom. The average molecular weight is 173 g/mol. The highest BCUT2D eigenvalue weighted by Gasteiger charge is 2.04. The minimum atomic E-state index is 1.19. The number of rotatable bonds is 2. The topological polar surface area (TPSA) is 4.41 Å². The van der Waals surface area contributed by atoms with Crippen molar-refractivity contribution in [2.45, 2.75) is 26.7 Å². The van der Waals surface area contributed by atoms with Gasteiger partial charge in [0.15, 0.2) is 0 Å². The summed E-state index contributed by atoms with van der Waals surface area (Å²) in [4.78, 5) is 0. The Balaban J connectivity index is 2.64. The Morgan fingerprint density at radius 2 is 2.15 bits per heavy atom. The summed E-state index contributed by atoms with van der Waals surface area (Å²) >= 11 is 0. The Hall–Kier alpha value is -1.24. The van der Waals surface area contributed by atoms with Crippen LogP contribution in [0.2, 0.25) is 0 Å². The first kappa shape index (κ1) is 8.36. The quantitative estimate of drug-likeness (QED) is 0.657. The molecule has 1 heteroatoms. The summed E-state index contributed by atoms with van der Waals surface area (Å²) in [5.41, 5.74) is 4.28. The van der Waals surface area contributed by atoms with E-state index in [9.17, 15) is 0 Å². The van der Waals surface area contributed by atoms with Gasteiger partial charge in [0.2, 0.25) is 0 Å². The molecule has 0 radical (unpaired) electrons. The fraction of sp³-hybridized carbons (Fsp3) is 0.333. The average Bonchev–Trinajstić information content (AvgIpc) is 2.44. The Kier molecular flexibility index (Phi) is 2.09. The lowest BCUT2D eigenvalue weighted by atomic mass is 10.1. The van der Waals surface area contributed by atoms with E-state index in [0.717, 1.165) is 0 Å². The highest BCUT2D eigenvalue weighted by Crippen LogP contribution is 2.18. The molecule has 0 saturated heterocycles. The molecule has 0 N–H and O–H groups in total. The van der Waals surface area contributed by atoms with Gasteiger partial charge < -0.3 is 4.40 Å². The van der Waals surface area contributed by atoms with Crippen molar-refractivity contribution in [3.63, 3.8) is 0 Å². The van der Waals surface area contributed by atoms with Gasteiger partial charge in [-0.25, -0.2) is 0 Å². The molecule has 2 heterocycles. The number of hydrogen-bond acceptors (Lipinski definition) is 0. The zero-order valence-corrected chi connectivity index (χ0v) is 8.25. The molecule has 0 saturated carbocycles. The lowest BCUT2D eigenvalue weighted by molar-refractivity contribution is 0.923. The summed E-state index contributed by atoms with van der Waals surface area (Å²) in [5.74, 6) is 0. The Bertz CT molecular complexity index is 412. The molecule has 0 spiro atoms. The summed E-state index contributed by atoms with van der Waals surface area (Å²) in [6, 6.07) is 6.37. The fourth-order valence-electron chi connectivity index (χ4n) is 1.89. The van der Waals surface area contributed by atoms with Crippen molar-refractivity contribution in [3.05, 3.63) is 41.7 Å². The molecule has 0 amide bonds. The van der Waals surface area contributed by atoms with Gasteiger partial charge >= 0.3 is 0 Å². The molecule has 0 fully saturated rings. The minimum absolute atomic E-state index is 1.19. The number of nitrogens with zero attached hydrogens (tertiary/aromatic N) is 1. The maximum absolute atomic E-state index is 2.23. The summed E-state index contributed by atoms with van der Waals surface area (Å²) < 4.78 is 2.21. The van der Waals surface area contributed by atoms with Gasteiger partial charge in [0.1, 0.15) is 0 Å². The Morgan fingerprint density at radius 3 is 2.92 bits per heavy atom. The molecule has 13 heavy (non-hydrogen) atoms. The Labute approximate surface area is 79.0 Å². The maximum Gasteiger partial charge on any atom is 0.0484 e. The van der Waals surface area contributed by atoms with Crippen molar-refractivity contribution in [2.75, 3.05) is 0 Å². The number of pyridine rings is 1. The van der Waals surface area contributed by atoms with Crippen molar-refractivity contribution < 1.29 is 0 Å². The van der Waals surface area contributed by atoms with Gasteiger partial charge in [0, 0.05) is 17.9 Å². The molecule has 0 atom stereocenters. The van der Waals surface area contributed by atoms with Gasteiger partial charge in [-0.1, -0.05) is 19.4 Å². The van der Waals surface area contributed by atoms with Crippen molar-refractivity contribution in [3.8, 4) is 0 Å². The van der Waals surface area contributed by atoms with Crippen LogP contribution >= 0.6 is 0 Å². The highest BCUT2D eigenvalue weighted by atomic mass is 14.9. The molecule has 0 bridgehead atoms. The molecule has 1 nitrogen and oxygen atoms in total. The standard InChI is InChI=1S/C12H15N/c1-3-6-11-10(2)9-13-8-5-4-7-12(11)13/h4-5,7-9H,3,6H2,1-2H3. The third-order valence-corrected chi connectivity index (χ3v) is 2.51. The van der Waals surface area contributed by atoms with Gasteiger partial charge in [-0.15, -0.1) is 0 Å². The lowest BCUT2D eigenvalue weighted by Crippen LogP contribution is -1.84. The smallest absolute Gasteiger partial charge is 0.0484 e. The largest absolute Gasteiger partial charge is 0.323 e. The third-order valence-electron chi connectivity index (χ3n) is 2.51. The van der Waals surface area contributed by atoms with Crippen molar-refractivity contribution in [1.82, 2.24) is 4.40 Å². The molecular formula is C12H15N. The van der Waals surface area contributed by atoms with E-state index in [4.69, 9.17) is 0 Å². The number of fused-ring (bicyclic) bond motifs is 1. The van der Waals surface area contributed by atoms with Crippen LogP contribution in [0.25, 0.3) is 5.52 Å². The van der Waals surface area contributed by atoms with Crippen LogP contribution < -0.4 is 0 Å². The SMILES string of the molecule is CCCc1c(C)cn2ccccc12. The molecule has 0 aliphatic heterocycles. The lowest BCUT2D eigenvalue weighted by Gasteiger charge is -1.98. The monoisotopic (exact) mass is 173 g/mol. The second-order valence-corrected chi connectivity index (χ2v) is 3.53. The van der Waals surface area contributed by atoms with E-state index in [1.807, 2.05) is 0 Å². The highest BCUT2D eigenvalue weighted by molar-refractivity contribution is 5.58. The van der Waals surface area contributed by atoms with Crippen molar-refractivity contribution in [2.24, 2.45) is 0 Å². The van der Waals surface area contributed by atoms with Crippen molar-refractivity contribution in [1.29, 1.82) is 0 Å². The first-order chi connectivity index (χ1) is 6.33. The summed E-state index contributed by atoms with van der Waals surface area (Å²) in [5, 5.41) is 0. The molecule has 0 aliphatic rings. The molecule has 2 rings (SSSR count).